The largest absolute Gasteiger partial charge is 0.466 e. The van der Waals surface area contributed by atoms with E-state index < -0.39 is 0 Å². The van der Waals surface area contributed by atoms with Crippen LogP contribution in [0, 0.1) is 13.8 Å². The van der Waals surface area contributed by atoms with Gasteiger partial charge in [-0.1, -0.05) is 0 Å². The minimum atomic E-state index is 0.0228. The standard InChI is InChI=1S/C18H19N3O4/c1-11-10-14(12(2)24-11)18(22)21-7-5-13(6-8-21)16-19-20-17(25-16)15-4-3-9-23-15/h3-4,9-10,13H,5-8H2,1-2H3. The van der Waals surface area contributed by atoms with Crippen LogP contribution in [0.1, 0.15) is 46.5 Å². The smallest absolute Gasteiger partial charge is 0.283 e. The van der Waals surface area contributed by atoms with Crippen LogP contribution in [0.4, 0.5) is 0 Å². The van der Waals surface area contributed by atoms with E-state index in [9.17, 15) is 4.79 Å². The monoisotopic (exact) mass is 341 g/mol. The van der Waals surface area contributed by atoms with Crippen molar-refractivity contribution in [2.45, 2.75) is 32.6 Å². The molecule has 1 saturated heterocycles. The van der Waals surface area contributed by atoms with Crippen molar-refractivity contribution in [3.05, 3.63) is 47.4 Å². The third kappa shape index (κ3) is 2.97. The summed E-state index contributed by atoms with van der Waals surface area (Å²) in [6.07, 6.45) is 3.16. The fourth-order valence-electron chi connectivity index (χ4n) is 3.24. The molecule has 0 aliphatic carbocycles. The number of hydrogen-bond acceptors (Lipinski definition) is 6. The van der Waals surface area contributed by atoms with Crippen LogP contribution < -0.4 is 0 Å². The molecule has 7 nitrogen and oxygen atoms in total. The van der Waals surface area contributed by atoms with E-state index in [0.29, 0.717) is 42.0 Å². The lowest BCUT2D eigenvalue weighted by Crippen LogP contribution is -2.38. The van der Waals surface area contributed by atoms with Crippen LogP contribution in [0.2, 0.25) is 0 Å². The second-order valence-electron chi connectivity index (χ2n) is 6.32. The number of carbonyl (C=O) groups is 1. The van der Waals surface area contributed by atoms with Gasteiger partial charge in [-0.05, 0) is 44.9 Å². The molecule has 1 aliphatic heterocycles. The maximum atomic E-state index is 12.6. The van der Waals surface area contributed by atoms with Crippen molar-refractivity contribution in [1.82, 2.24) is 15.1 Å². The SMILES string of the molecule is Cc1cc(C(=O)N2CCC(c3nnc(-c4ccco4)o3)CC2)c(C)o1. The summed E-state index contributed by atoms with van der Waals surface area (Å²) < 4.78 is 16.5. The second kappa shape index (κ2) is 6.23. The minimum Gasteiger partial charge on any atom is -0.466 e. The summed E-state index contributed by atoms with van der Waals surface area (Å²) >= 11 is 0. The zero-order valence-corrected chi connectivity index (χ0v) is 14.2. The maximum Gasteiger partial charge on any atom is 0.283 e. The molecule has 0 aromatic carbocycles. The summed E-state index contributed by atoms with van der Waals surface area (Å²) in [6, 6.07) is 5.37. The highest BCUT2D eigenvalue weighted by Crippen LogP contribution is 2.30. The zero-order valence-electron chi connectivity index (χ0n) is 14.2. The predicted octanol–water partition coefficient (Wildman–Crippen LogP) is 3.56. The summed E-state index contributed by atoms with van der Waals surface area (Å²) in [4.78, 5) is 14.5. The van der Waals surface area contributed by atoms with Crippen LogP contribution in [-0.2, 0) is 0 Å². The van der Waals surface area contributed by atoms with Gasteiger partial charge in [-0.15, -0.1) is 10.2 Å². The summed E-state index contributed by atoms with van der Waals surface area (Å²) in [7, 11) is 0. The van der Waals surface area contributed by atoms with Gasteiger partial charge in [0.15, 0.2) is 5.76 Å². The third-order valence-corrected chi connectivity index (χ3v) is 4.58. The quantitative estimate of drug-likeness (QED) is 0.724. The number of carbonyl (C=O) groups excluding carboxylic acids is 1. The van der Waals surface area contributed by atoms with E-state index in [1.54, 1.807) is 24.5 Å². The average molecular weight is 341 g/mol. The van der Waals surface area contributed by atoms with Gasteiger partial charge in [0.25, 0.3) is 11.8 Å². The van der Waals surface area contributed by atoms with Crippen molar-refractivity contribution in [3.8, 4) is 11.7 Å². The lowest BCUT2D eigenvalue weighted by atomic mass is 9.96. The first-order valence-corrected chi connectivity index (χ1v) is 8.35. The number of aromatic nitrogens is 2. The van der Waals surface area contributed by atoms with Gasteiger partial charge in [0.05, 0.1) is 11.8 Å². The van der Waals surface area contributed by atoms with E-state index in [-0.39, 0.29) is 11.8 Å². The lowest BCUT2D eigenvalue weighted by Gasteiger charge is -2.30. The number of likely N-dealkylation sites (tertiary alicyclic amines) is 1. The van der Waals surface area contributed by atoms with Crippen molar-refractivity contribution in [2.24, 2.45) is 0 Å². The Hall–Kier alpha value is -2.83. The van der Waals surface area contributed by atoms with Crippen molar-refractivity contribution in [3.63, 3.8) is 0 Å². The molecule has 0 atom stereocenters. The van der Waals surface area contributed by atoms with Crippen molar-refractivity contribution >= 4 is 5.91 Å². The molecule has 4 heterocycles. The highest BCUT2D eigenvalue weighted by atomic mass is 16.4. The van der Waals surface area contributed by atoms with Crippen LogP contribution in [0.5, 0.6) is 0 Å². The van der Waals surface area contributed by atoms with Gasteiger partial charge in [-0.3, -0.25) is 4.79 Å². The van der Waals surface area contributed by atoms with Crippen molar-refractivity contribution < 1.29 is 18.0 Å². The summed E-state index contributed by atoms with van der Waals surface area (Å²) in [5, 5.41) is 8.19. The van der Waals surface area contributed by atoms with E-state index in [1.807, 2.05) is 18.7 Å². The molecule has 0 spiro atoms. The molecule has 1 fully saturated rings. The van der Waals surface area contributed by atoms with E-state index in [4.69, 9.17) is 13.3 Å². The molecule has 25 heavy (non-hydrogen) atoms. The van der Waals surface area contributed by atoms with Gasteiger partial charge in [0.2, 0.25) is 5.89 Å². The van der Waals surface area contributed by atoms with Gasteiger partial charge in [0.1, 0.15) is 11.5 Å². The maximum absolute atomic E-state index is 12.6. The first-order valence-electron chi connectivity index (χ1n) is 8.35. The number of nitrogens with zero attached hydrogens (tertiary/aromatic N) is 3. The Morgan fingerprint density at radius 2 is 2.00 bits per heavy atom. The molecule has 0 radical (unpaired) electrons. The lowest BCUT2D eigenvalue weighted by molar-refractivity contribution is 0.0704. The summed E-state index contributed by atoms with van der Waals surface area (Å²) in [6.45, 7) is 4.99. The number of rotatable bonds is 3. The van der Waals surface area contributed by atoms with Gasteiger partial charge >= 0.3 is 0 Å². The Labute approximate surface area is 144 Å². The number of piperidine rings is 1. The first kappa shape index (κ1) is 15.7. The van der Waals surface area contributed by atoms with E-state index in [0.717, 1.165) is 18.6 Å². The van der Waals surface area contributed by atoms with Crippen LogP contribution >= 0.6 is 0 Å². The summed E-state index contributed by atoms with van der Waals surface area (Å²) in [5.74, 6) is 3.17. The molecule has 4 rings (SSSR count). The number of aryl methyl sites for hydroxylation is 2. The summed E-state index contributed by atoms with van der Waals surface area (Å²) in [5.41, 5.74) is 0.647. The van der Waals surface area contributed by atoms with Crippen LogP contribution in [0.25, 0.3) is 11.7 Å². The molecule has 0 N–H and O–H groups in total. The highest BCUT2D eigenvalue weighted by Gasteiger charge is 2.29. The van der Waals surface area contributed by atoms with Crippen LogP contribution in [-0.4, -0.2) is 34.1 Å². The molecule has 7 heteroatoms. The Morgan fingerprint density at radius 1 is 1.20 bits per heavy atom. The second-order valence-corrected chi connectivity index (χ2v) is 6.32. The molecular weight excluding hydrogens is 322 g/mol. The normalized spacial score (nSPS) is 15.7. The fraction of sp³-hybridized carbons (Fsp3) is 0.389. The average Bonchev–Trinajstić information content (AvgIpc) is 3.34. The molecule has 0 unspecified atom stereocenters. The Balaban J connectivity index is 1.41. The van der Waals surface area contributed by atoms with Crippen molar-refractivity contribution in [2.75, 3.05) is 13.1 Å². The number of furan rings is 2. The molecule has 3 aromatic rings. The van der Waals surface area contributed by atoms with E-state index in [1.165, 1.54) is 0 Å². The molecule has 0 saturated carbocycles. The van der Waals surface area contributed by atoms with E-state index in [2.05, 4.69) is 10.2 Å². The van der Waals surface area contributed by atoms with Crippen LogP contribution in [0.15, 0.2) is 37.7 Å². The number of amides is 1. The van der Waals surface area contributed by atoms with Gasteiger partial charge in [-0.2, -0.15) is 0 Å². The van der Waals surface area contributed by atoms with E-state index >= 15 is 0 Å². The van der Waals surface area contributed by atoms with Crippen LogP contribution in [0.3, 0.4) is 0 Å². The predicted molar refractivity (Wildman–Crippen MR) is 88.1 cm³/mol. The van der Waals surface area contributed by atoms with Gasteiger partial charge < -0.3 is 18.2 Å². The zero-order chi connectivity index (χ0) is 17.4. The fourth-order valence-corrected chi connectivity index (χ4v) is 3.24. The molecule has 130 valence electrons. The third-order valence-electron chi connectivity index (χ3n) is 4.58. The molecule has 1 amide bonds. The Kier molecular flexibility index (Phi) is 3.91. The Bertz CT molecular complexity index is 870. The topological polar surface area (TPSA) is 85.5 Å². The first-order chi connectivity index (χ1) is 12.1. The molecule has 1 aliphatic rings. The highest BCUT2D eigenvalue weighted by molar-refractivity contribution is 5.95. The Morgan fingerprint density at radius 3 is 2.64 bits per heavy atom. The van der Waals surface area contributed by atoms with Gasteiger partial charge in [-0.25, -0.2) is 0 Å². The van der Waals surface area contributed by atoms with Crippen molar-refractivity contribution in [1.29, 1.82) is 0 Å². The minimum absolute atomic E-state index is 0.0228. The van der Waals surface area contributed by atoms with Gasteiger partial charge in [0, 0.05) is 19.0 Å². The molecular formula is C18H19N3O4. The molecule has 3 aromatic heterocycles. The molecule has 0 bridgehead atoms. The number of hydrogen-bond donors (Lipinski definition) is 0.